The number of carbonyl (C=O) groups is 1. The fourth-order valence-electron chi connectivity index (χ4n) is 2.00. The van der Waals surface area contributed by atoms with E-state index in [4.69, 9.17) is 0 Å². The van der Waals surface area contributed by atoms with Crippen LogP contribution in [0.15, 0.2) is 11.4 Å². The van der Waals surface area contributed by atoms with Gasteiger partial charge in [-0.15, -0.1) is 11.3 Å². The van der Waals surface area contributed by atoms with Gasteiger partial charge in [-0.2, -0.15) is 0 Å². The minimum absolute atomic E-state index is 0.235. The average Bonchev–Trinajstić information content (AvgIpc) is 2.70. The summed E-state index contributed by atoms with van der Waals surface area (Å²) in [5.41, 5.74) is 1.06. The molecule has 0 bridgehead atoms. The van der Waals surface area contributed by atoms with Gasteiger partial charge in [-0.1, -0.05) is 0 Å². The zero-order valence-corrected chi connectivity index (χ0v) is 9.54. The molecule has 2 heterocycles. The SMILES string of the molecule is CC1CCC(O)CN1c1csc(C=O)c1. The van der Waals surface area contributed by atoms with Crippen LogP contribution in [0.4, 0.5) is 5.69 Å². The third-order valence-corrected chi connectivity index (χ3v) is 3.76. The molecule has 1 aliphatic rings. The minimum Gasteiger partial charge on any atom is -0.391 e. The van der Waals surface area contributed by atoms with Gasteiger partial charge in [0.15, 0.2) is 6.29 Å². The Kier molecular flexibility index (Phi) is 3.07. The molecule has 1 aromatic rings. The lowest BCUT2D eigenvalue weighted by Gasteiger charge is -2.37. The molecule has 0 saturated carbocycles. The highest BCUT2D eigenvalue weighted by atomic mass is 32.1. The molecule has 1 saturated heterocycles. The van der Waals surface area contributed by atoms with Gasteiger partial charge in [0.05, 0.1) is 11.0 Å². The molecule has 1 fully saturated rings. The normalized spacial score (nSPS) is 26.7. The van der Waals surface area contributed by atoms with Gasteiger partial charge in [0.1, 0.15) is 0 Å². The Morgan fingerprint density at radius 3 is 3.07 bits per heavy atom. The van der Waals surface area contributed by atoms with Crippen LogP contribution in [0, 0.1) is 0 Å². The van der Waals surface area contributed by atoms with Crippen LogP contribution < -0.4 is 4.90 Å². The highest BCUT2D eigenvalue weighted by Crippen LogP contribution is 2.28. The molecular weight excluding hydrogens is 210 g/mol. The van der Waals surface area contributed by atoms with Crippen molar-refractivity contribution in [3.63, 3.8) is 0 Å². The van der Waals surface area contributed by atoms with Gasteiger partial charge in [0, 0.05) is 23.7 Å². The summed E-state index contributed by atoms with van der Waals surface area (Å²) in [5.74, 6) is 0. The second-order valence-electron chi connectivity index (χ2n) is 4.06. The maximum atomic E-state index is 10.6. The zero-order chi connectivity index (χ0) is 10.8. The molecule has 4 heteroatoms. The Balaban J connectivity index is 2.17. The Bertz CT molecular complexity index is 350. The van der Waals surface area contributed by atoms with Crippen molar-refractivity contribution in [3.8, 4) is 0 Å². The first-order valence-corrected chi connectivity index (χ1v) is 6.07. The molecule has 1 aromatic heterocycles. The smallest absolute Gasteiger partial charge is 0.160 e. The molecule has 3 nitrogen and oxygen atoms in total. The van der Waals surface area contributed by atoms with Gasteiger partial charge >= 0.3 is 0 Å². The standard InChI is InChI=1S/C11H15NO2S/c1-8-2-3-10(14)5-12(8)9-4-11(6-13)15-7-9/h4,6-8,10,14H,2-3,5H2,1H3. The van der Waals surface area contributed by atoms with E-state index in [1.807, 2.05) is 11.4 Å². The fraction of sp³-hybridized carbons (Fsp3) is 0.545. The van der Waals surface area contributed by atoms with E-state index in [-0.39, 0.29) is 6.10 Å². The van der Waals surface area contributed by atoms with E-state index < -0.39 is 0 Å². The van der Waals surface area contributed by atoms with E-state index in [1.165, 1.54) is 11.3 Å². The molecule has 2 atom stereocenters. The van der Waals surface area contributed by atoms with Crippen molar-refractivity contribution in [2.75, 3.05) is 11.4 Å². The number of nitrogens with zero attached hydrogens (tertiary/aromatic N) is 1. The topological polar surface area (TPSA) is 40.5 Å². The Labute approximate surface area is 93.3 Å². The number of rotatable bonds is 2. The van der Waals surface area contributed by atoms with Crippen molar-refractivity contribution in [1.82, 2.24) is 0 Å². The molecule has 0 amide bonds. The van der Waals surface area contributed by atoms with E-state index in [9.17, 15) is 9.90 Å². The van der Waals surface area contributed by atoms with Crippen molar-refractivity contribution in [1.29, 1.82) is 0 Å². The van der Waals surface area contributed by atoms with Crippen LogP contribution in [0.25, 0.3) is 0 Å². The molecule has 15 heavy (non-hydrogen) atoms. The van der Waals surface area contributed by atoms with E-state index in [2.05, 4.69) is 11.8 Å². The molecule has 1 aliphatic heterocycles. The Morgan fingerprint density at radius 1 is 1.60 bits per heavy atom. The van der Waals surface area contributed by atoms with Gasteiger partial charge in [-0.3, -0.25) is 4.79 Å². The van der Waals surface area contributed by atoms with E-state index in [0.717, 1.165) is 29.7 Å². The lowest BCUT2D eigenvalue weighted by Crippen LogP contribution is -2.43. The predicted molar refractivity (Wildman–Crippen MR) is 61.8 cm³/mol. The first-order valence-electron chi connectivity index (χ1n) is 5.19. The molecule has 0 radical (unpaired) electrons. The van der Waals surface area contributed by atoms with Crippen molar-refractivity contribution < 1.29 is 9.90 Å². The molecule has 1 N–H and O–H groups in total. The van der Waals surface area contributed by atoms with Crippen molar-refractivity contribution in [2.24, 2.45) is 0 Å². The van der Waals surface area contributed by atoms with Crippen LogP contribution in [-0.2, 0) is 0 Å². The van der Waals surface area contributed by atoms with Gasteiger partial charge in [-0.05, 0) is 25.8 Å². The number of anilines is 1. The summed E-state index contributed by atoms with van der Waals surface area (Å²) in [4.78, 5) is 13.5. The number of aliphatic hydroxyl groups is 1. The van der Waals surface area contributed by atoms with E-state index in [0.29, 0.717) is 12.6 Å². The lowest BCUT2D eigenvalue weighted by molar-refractivity contribution is 0.112. The lowest BCUT2D eigenvalue weighted by atomic mass is 10.0. The summed E-state index contributed by atoms with van der Waals surface area (Å²) in [7, 11) is 0. The summed E-state index contributed by atoms with van der Waals surface area (Å²) in [6.07, 6.45) is 2.52. The number of aldehydes is 1. The van der Waals surface area contributed by atoms with Crippen LogP contribution in [0.5, 0.6) is 0 Å². The molecule has 82 valence electrons. The van der Waals surface area contributed by atoms with Crippen molar-refractivity contribution >= 4 is 23.3 Å². The molecular formula is C11H15NO2S. The summed E-state index contributed by atoms with van der Waals surface area (Å²) in [6, 6.07) is 2.34. The molecule has 0 aliphatic carbocycles. The van der Waals surface area contributed by atoms with Crippen molar-refractivity contribution in [2.45, 2.75) is 31.9 Å². The predicted octanol–water partition coefficient (Wildman–Crippen LogP) is 1.91. The summed E-state index contributed by atoms with van der Waals surface area (Å²) < 4.78 is 0. The number of hydrogen-bond donors (Lipinski definition) is 1. The number of piperidine rings is 1. The van der Waals surface area contributed by atoms with Crippen LogP contribution in [0.1, 0.15) is 29.4 Å². The van der Waals surface area contributed by atoms with Gasteiger partial charge in [0.2, 0.25) is 0 Å². The monoisotopic (exact) mass is 225 g/mol. The third kappa shape index (κ3) is 2.21. The average molecular weight is 225 g/mol. The maximum absolute atomic E-state index is 10.6. The van der Waals surface area contributed by atoms with E-state index in [1.54, 1.807) is 0 Å². The first-order chi connectivity index (χ1) is 7.20. The second kappa shape index (κ2) is 4.33. The van der Waals surface area contributed by atoms with Gasteiger partial charge < -0.3 is 10.0 Å². The Morgan fingerprint density at radius 2 is 2.40 bits per heavy atom. The summed E-state index contributed by atoms with van der Waals surface area (Å²) >= 11 is 1.46. The summed E-state index contributed by atoms with van der Waals surface area (Å²) in [6.45, 7) is 2.83. The van der Waals surface area contributed by atoms with Crippen LogP contribution >= 0.6 is 11.3 Å². The molecule has 2 rings (SSSR count). The quantitative estimate of drug-likeness (QED) is 0.782. The van der Waals surface area contributed by atoms with Crippen molar-refractivity contribution in [3.05, 3.63) is 16.3 Å². The highest BCUT2D eigenvalue weighted by Gasteiger charge is 2.24. The molecule has 2 unspecified atom stereocenters. The summed E-state index contributed by atoms with van der Waals surface area (Å²) in [5, 5.41) is 11.6. The minimum atomic E-state index is -0.235. The number of β-amino-alcohol motifs (C(OH)–C–C–N with tert-alkyl or cyclic N) is 1. The third-order valence-electron chi connectivity index (χ3n) is 2.91. The second-order valence-corrected chi connectivity index (χ2v) is 5.00. The van der Waals surface area contributed by atoms with Crippen LogP contribution in [-0.4, -0.2) is 30.1 Å². The largest absolute Gasteiger partial charge is 0.391 e. The first kappa shape index (κ1) is 10.6. The van der Waals surface area contributed by atoms with Gasteiger partial charge in [0.25, 0.3) is 0 Å². The van der Waals surface area contributed by atoms with Crippen LogP contribution in [0.2, 0.25) is 0 Å². The van der Waals surface area contributed by atoms with E-state index >= 15 is 0 Å². The molecule has 0 aromatic carbocycles. The number of hydrogen-bond acceptors (Lipinski definition) is 4. The van der Waals surface area contributed by atoms with Gasteiger partial charge in [-0.25, -0.2) is 0 Å². The fourth-order valence-corrected chi connectivity index (χ4v) is 2.71. The molecule has 0 spiro atoms. The number of thiophene rings is 1. The highest BCUT2D eigenvalue weighted by molar-refractivity contribution is 7.12. The maximum Gasteiger partial charge on any atom is 0.160 e. The Hall–Kier alpha value is -0.870. The number of carbonyl (C=O) groups excluding carboxylic acids is 1. The number of aliphatic hydroxyl groups excluding tert-OH is 1. The zero-order valence-electron chi connectivity index (χ0n) is 8.72. The van der Waals surface area contributed by atoms with Crippen LogP contribution in [0.3, 0.4) is 0 Å².